The SMILES string of the molecule is Cc1cccc(C[C@H](NC(=O)C(c2ccccc2)c2ccccc2)C(=O)C[C@H](C)COCc2ccccc2)c1. The Morgan fingerprint density at radius 1 is 0.744 bits per heavy atom. The minimum absolute atomic E-state index is 0.0144. The number of carbonyl (C=O) groups excluding carboxylic acids is 2. The van der Waals surface area contributed by atoms with Gasteiger partial charge in [0.05, 0.1) is 18.6 Å². The van der Waals surface area contributed by atoms with Gasteiger partial charge >= 0.3 is 0 Å². The third kappa shape index (κ3) is 8.49. The average Bonchev–Trinajstić information content (AvgIpc) is 2.94. The lowest BCUT2D eigenvalue weighted by Crippen LogP contribution is -2.45. The summed E-state index contributed by atoms with van der Waals surface area (Å²) in [5.41, 5.74) is 5.04. The lowest BCUT2D eigenvalue weighted by molar-refractivity contribution is -0.128. The van der Waals surface area contributed by atoms with E-state index in [1.54, 1.807) is 0 Å². The fourth-order valence-electron chi connectivity index (χ4n) is 4.86. The molecule has 0 aliphatic heterocycles. The van der Waals surface area contributed by atoms with Crippen LogP contribution in [-0.4, -0.2) is 24.3 Å². The van der Waals surface area contributed by atoms with Crippen molar-refractivity contribution in [1.82, 2.24) is 5.32 Å². The molecular formula is C35H37NO3. The van der Waals surface area contributed by atoms with E-state index in [9.17, 15) is 9.59 Å². The molecule has 0 radical (unpaired) electrons. The minimum atomic E-state index is -0.634. The molecule has 0 aliphatic rings. The first kappa shape index (κ1) is 28.0. The van der Waals surface area contributed by atoms with Gasteiger partial charge in [0.15, 0.2) is 5.78 Å². The largest absolute Gasteiger partial charge is 0.376 e. The van der Waals surface area contributed by atoms with E-state index in [0.29, 0.717) is 26.1 Å². The van der Waals surface area contributed by atoms with Crippen molar-refractivity contribution in [3.8, 4) is 0 Å². The molecule has 0 saturated carbocycles. The highest BCUT2D eigenvalue weighted by Crippen LogP contribution is 2.25. The van der Waals surface area contributed by atoms with Crippen LogP contribution in [0, 0.1) is 12.8 Å². The first-order valence-electron chi connectivity index (χ1n) is 13.6. The first-order valence-corrected chi connectivity index (χ1v) is 13.6. The number of Topliss-reactive ketones (excluding diaryl/α,β-unsaturated/α-hetero) is 1. The van der Waals surface area contributed by atoms with Crippen molar-refractivity contribution in [3.05, 3.63) is 143 Å². The van der Waals surface area contributed by atoms with Crippen LogP contribution < -0.4 is 5.32 Å². The number of carbonyl (C=O) groups is 2. The molecule has 4 nitrogen and oxygen atoms in total. The molecule has 2 atom stereocenters. The van der Waals surface area contributed by atoms with Crippen molar-refractivity contribution < 1.29 is 14.3 Å². The number of aryl methyl sites for hydroxylation is 1. The molecule has 4 aromatic carbocycles. The highest BCUT2D eigenvalue weighted by atomic mass is 16.5. The number of ketones is 1. The van der Waals surface area contributed by atoms with E-state index in [1.165, 1.54) is 0 Å². The quantitative estimate of drug-likeness (QED) is 0.215. The molecular weight excluding hydrogens is 482 g/mol. The number of ether oxygens (including phenoxy) is 1. The molecule has 0 aliphatic carbocycles. The first-order chi connectivity index (χ1) is 19.0. The lowest BCUT2D eigenvalue weighted by Gasteiger charge is -2.24. The number of rotatable bonds is 13. The van der Waals surface area contributed by atoms with Crippen LogP contribution in [0.4, 0.5) is 0 Å². The van der Waals surface area contributed by atoms with Crippen LogP contribution in [-0.2, 0) is 27.4 Å². The zero-order valence-corrected chi connectivity index (χ0v) is 22.8. The molecule has 0 aromatic heterocycles. The summed E-state index contributed by atoms with van der Waals surface area (Å²) >= 11 is 0. The fraction of sp³-hybridized carbons (Fsp3) is 0.257. The Labute approximate surface area is 232 Å². The van der Waals surface area contributed by atoms with Crippen LogP contribution >= 0.6 is 0 Å². The third-order valence-electron chi connectivity index (χ3n) is 6.82. The Bertz CT molecular complexity index is 1280. The van der Waals surface area contributed by atoms with E-state index in [4.69, 9.17) is 4.74 Å². The zero-order valence-electron chi connectivity index (χ0n) is 22.8. The number of nitrogens with one attached hydrogen (secondary N) is 1. The molecule has 0 saturated heterocycles. The van der Waals surface area contributed by atoms with E-state index in [-0.39, 0.29) is 17.6 Å². The summed E-state index contributed by atoms with van der Waals surface area (Å²) in [7, 11) is 0. The van der Waals surface area contributed by atoms with Crippen LogP contribution in [0.25, 0.3) is 0 Å². The molecule has 0 heterocycles. The van der Waals surface area contributed by atoms with Crippen molar-refractivity contribution in [2.24, 2.45) is 5.92 Å². The summed E-state index contributed by atoms with van der Waals surface area (Å²) < 4.78 is 5.89. The minimum Gasteiger partial charge on any atom is -0.376 e. The molecule has 4 rings (SSSR count). The van der Waals surface area contributed by atoms with Gasteiger partial charge in [-0.2, -0.15) is 0 Å². The van der Waals surface area contributed by atoms with E-state index < -0.39 is 12.0 Å². The van der Waals surface area contributed by atoms with Gasteiger partial charge in [0.1, 0.15) is 0 Å². The molecule has 0 unspecified atom stereocenters. The second kappa shape index (κ2) is 14.2. The van der Waals surface area contributed by atoms with Gasteiger partial charge < -0.3 is 10.1 Å². The van der Waals surface area contributed by atoms with Gasteiger partial charge in [-0.3, -0.25) is 9.59 Å². The lowest BCUT2D eigenvalue weighted by atomic mass is 9.89. The van der Waals surface area contributed by atoms with Crippen LogP contribution in [0.3, 0.4) is 0 Å². The normalized spacial score (nSPS) is 12.6. The van der Waals surface area contributed by atoms with E-state index in [2.05, 4.69) is 11.4 Å². The van der Waals surface area contributed by atoms with Crippen molar-refractivity contribution in [2.45, 2.75) is 45.3 Å². The number of hydrogen-bond acceptors (Lipinski definition) is 3. The van der Waals surface area contributed by atoms with E-state index >= 15 is 0 Å². The molecule has 4 aromatic rings. The Morgan fingerprint density at radius 2 is 1.31 bits per heavy atom. The topological polar surface area (TPSA) is 55.4 Å². The van der Waals surface area contributed by atoms with Gasteiger partial charge in [0.2, 0.25) is 5.91 Å². The summed E-state index contributed by atoms with van der Waals surface area (Å²) in [4.78, 5) is 27.5. The summed E-state index contributed by atoms with van der Waals surface area (Å²) in [6.07, 6.45) is 0.771. The fourth-order valence-corrected chi connectivity index (χ4v) is 4.86. The predicted molar refractivity (Wildman–Crippen MR) is 156 cm³/mol. The van der Waals surface area contributed by atoms with E-state index in [0.717, 1.165) is 27.8 Å². The highest BCUT2D eigenvalue weighted by molar-refractivity contribution is 5.93. The maximum Gasteiger partial charge on any atom is 0.232 e. The second-order valence-corrected chi connectivity index (χ2v) is 10.3. The van der Waals surface area contributed by atoms with Crippen LogP contribution in [0.1, 0.15) is 47.1 Å². The van der Waals surface area contributed by atoms with Crippen LogP contribution in [0.2, 0.25) is 0 Å². The Balaban J connectivity index is 1.49. The zero-order chi connectivity index (χ0) is 27.5. The second-order valence-electron chi connectivity index (χ2n) is 10.3. The van der Waals surface area contributed by atoms with Gasteiger partial charge in [-0.1, -0.05) is 128 Å². The van der Waals surface area contributed by atoms with Gasteiger partial charge in [0.25, 0.3) is 0 Å². The molecule has 0 bridgehead atoms. The highest BCUT2D eigenvalue weighted by Gasteiger charge is 2.28. The van der Waals surface area contributed by atoms with Crippen molar-refractivity contribution in [3.63, 3.8) is 0 Å². The van der Waals surface area contributed by atoms with Gasteiger partial charge in [0, 0.05) is 13.0 Å². The van der Waals surface area contributed by atoms with Gasteiger partial charge in [-0.05, 0) is 41.5 Å². The van der Waals surface area contributed by atoms with Gasteiger partial charge in [-0.25, -0.2) is 0 Å². The molecule has 1 amide bonds. The molecule has 0 spiro atoms. The molecule has 39 heavy (non-hydrogen) atoms. The number of hydrogen-bond donors (Lipinski definition) is 1. The predicted octanol–water partition coefficient (Wildman–Crippen LogP) is 6.67. The van der Waals surface area contributed by atoms with Crippen molar-refractivity contribution >= 4 is 11.7 Å². The summed E-state index contributed by atoms with van der Waals surface area (Å²) in [6.45, 7) is 5.04. The Kier molecular flexibility index (Phi) is 10.2. The van der Waals surface area contributed by atoms with Crippen LogP contribution in [0.5, 0.6) is 0 Å². The van der Waals surface area contributed by atoms with Gasteiger partial charge in [-0.15, -0.1) is 0 Å². The molecule has 200 valence electrons. The third-order valence-corrected chi connectivity index (χ3v) is 6.82. The Hall–Kier alpha value is -4.02. The Morgan fingerprint density at radius 3 is 1.90 bits per heavy atom. The maximum absolute atomic E-state index is 13.8. The smallest absolute Gasteiger partial charge is 0.232 e. The van der Waals surface area contributed by atoms with Crippen LogP contribution in [0.15, 0.2) is 115 Å². The number of benzene rings is 4. The molecule has 0 fully saturated rings. The summed E-state index contributed by atoms with van der Waals surface area (Å²) in [6, 6.07) is 36.9. The van der Waals surface area contributed by atoms with E-state index in [1.807, 2.05) is 123 Å². The van der Waals surface area contributed by atoms with Crippen molar-refractivity contribution in [1.29, 1.82) is 0 Å². The molecule has 4 heteroatoms. The van der Waals surface area contributed by atoms with Crippen molar-refractivity contribution in [2.75, 3.05) is 6.61 Å². The maximum atomic E-state index is 13.8. The monoisotopic (exact) mass is 519 g/mol. The standard InChI is InChI=1S/C35H37NO3/c1-26-13-12-16-29(21-26)23-32(33(37)22-27(2)24-39-25-28-14-6-3-7-15-28)36-35(38)34(30-17-8-4-9-18-30)31-19-10-5-11-20-31/h3-21,27,32,34H,22-25H2,1-2H3,(H,36,38)/t27-,32-/m0/s1. The molecule has 1 N–H and O–H groups in total. The summed E-state index contributed by atoms with van der Waals surface area (Å²) in [5.74, 6) is -0.643. The number of amides is 1. The average molecular weight is 520 g/mol. The summed E-state index contributed by atoms with van der Waals surface area (Å²) in [5, 5.41) is 3.14.